The van der Waals surface area contributed by atoms with Crippen molar-refractivity contribution < 1.29 is 23.4 Å². The van der Waals surface area contributed by atoms with Crippen LogP contribution in [0, 0.1) is 11.3 Å². The third-order valence-corrected chi connectivity index (χ3v) is 7.21. The molecule has 0 amide bonds. The molecule has 0 bridgehead atoms. The average Bonchev–Trinajstić information content (AvgIpc) is 3.69. The second-order valence-electron chi connectivity index (χ2n) is 8.97. The number of ether oxygens (including phenoxy) is 3. The molecule has 0 aliphatic carbocycles. The van der Waals surface area contributed by atoms with Crippen molar-refractivity contribution >= 4 is 33.1 Å². The number of fused-ring (bicyclic) bond motifs is 2. The molecule has 0 aliphatic rings. The molecule has 3 aromatic carbocycles. The molecule has 0 unspecified atom stereocenters. The van der Waals surface area contributed by atoms with Crippen molar-refractivity contribution in [1.82, 2.24) is 14.6 Å². The minimum absolute atomic E-state index is 0.0524. The Hall–Kier alpha value is -5.14. The number of hydrogen-bond acceptors (Lipinski definition) is 9. The Morgan fingerprint density at radius 1 is 1.05 bits per heavy atom. The van der Waals surface area contributed by atoms with E-state index in [1.807, 2.05) is 36.4 Å². The van der Waals surface area contributed by atoms with Gasteiger partial charge in [0.2, 0.25) is 4.96 Å². The van der Waals surface area contributed by atoms with Crippen LogP contribution in [0.3, 0.4) is 0 Å². The summed E-state index contributed by atoms with van der Waals surface area (Å²) in [5.41, 5.74) is 3.99. The molecule has 0 fully saturated rings. The van der Waals surface area contributed by atoms with Crippen molar-refractivity contribution in [2.24, 2.45) is 0 Å². The van der Waals surface area contributed by atoms with Crippen molar-refractivity contribution in [3.63, 3.8) is 0 Å². The summed E-state index contributed by atoms with van der Waals surface area (Å²) >= 11 is 1.34. The molecule has 3 heterocycles. The number of rotatable bonds is 9. The van der Waals surface area contributed by atoms with Gasteiger partial charge in [-0.05, 0) is 40.7 Å². The van der Waals surface area contributed by atoms with E-state index in [1.54, 1.807) is 55.3 Å². The van der Waals surface area contributed by atoms with E-state index < -0.39 is 0 Å². The first-order valence-corrected chi connectivity index (χ1v) is 13.1. The first-order chi connectivity index (χ1) is 19.5. The van der Waals surface area contributed by atoms with Gasteiger partial charge in [-0.25, -0.2) is 9.50 Å². The Labute approximate surface area is 232 Å². The van der Waals surface area contributed by atoms with Crippen molar-refractivity contribution in [2.45, 2.75) is 13.0 Å². The Kier molecular flexibility index (Phi) is 6.64. The van der Waals surface area contributed by atoms with Gasteiger partial charge in [0.1, 0.15) is 29.4 Å². The highest BCUT2D eigenvalue weighted by Crippen LogP contribution is 2.37. The fraction of sp³-hybridized carbons (Fsp3) is 0.133. The van der Waals surface area contributed by atoms with Crippen LogP contribution in [-0.4, -0.2) is 34.6 Å². The number of imidazole rings is 1. The first-order valence-electron chi connectivity index (χ1n) is 12.3. The van der Waals surface area contributed by atoms with Crippen LogP contribution in [0.25, 0.3) is 27.4 Å². The fourth-order valence-corrected chi connectivity index (χ4v) is 5.07. The molecule has 0 saturated carbocycles. The zero-order chi connectivity index (χ0) is 27.6. The minimum Gasteiger partial charge on any atom is -0.496 e. The molecular formula is C30H22N4O5S. The van der Waals surface area contributed by atoms with Crippen LogP contribution < -0.4 is 14.2 Å². The van der Waals surface area contributed by atoms with Gasteiger partial charge in [-0.15, -0.1) is 5.10 Å². The molecule has 198 valence electrons. The molecule has 0 radical (unpaired) electrons. The standard InChI is InChI=1S/C30H22N4O5S/c1-36-22-12-26(23-14-28(39-27(23)13-22)24-16-34-29(32-24)40-30(33-34)37-2)38-17-20-7-3-5-18(9-20)11-25(35)21-8-4-6-19(10-21)15-31/h3-10,12-14,16H,11,17H2,1-2H3. The number of Topliss-reactive ketones (excluding diaryl/α,β-unsaturated/α-hetero) is 1. The van der Waals surface area contributed by atoms with Gasteiger partial charge in [-0.2, -0.15) is 5.26 Å². The summed E-state index contributed by atoms with van der Waals surface area (Å²) in [7, 11) is 3.16. The van der Waals surface area contributed by atoms with Crippen molar-refractivity contribution in [1.29, 1.82) is 5.26 Å². The molecule has 6 aromatic rings. The van der Waals surface area contributed by atoms with Gasteiger partial charge in [0.05, 0.1) is 37.4 Å². The predicted octanol–water partition coefficient (Wildman–Crippen LogP) is 6.10. The molecule has 0 spiro atoms. The lowest BCUT2D eigenvalue weighted by Gasteiger charge is -2.10. The highest BCUT2D eigenvalue weighted by molar-refractivity contribution is 7.18. The zero-order valence-electron chi connectivity index (χ0n) is 21.6. The number of hydrogen-bond donors (Lipinski definition) is 0. The molecule has 10 heteroatoms. The lowest BCUT2D eigenvalue weighted by atomic mass is 10.0. The van der Waals surface area contributed by atoms with E-state index in [1.165, 1.54) is 11.3 Å². The number of benzene rings is 3. The number of furan rings is 1. The number of nitriles is 1. The third-order valence-electron chi connectivity index (χ3n) is 6.32. The lowest BCUT2D eigenvalue weighted by molar-refractivity contribution is 0.0993. The summed E-state index contributed by atoms with van der Waals surface area (Å²) in [5, 5.41) is 14.7. The minimum atomic E-state index is -0.0524. The van der Waals surface area contributed by atoms with E-state index in [4.69, 9.17) is 23.9 Å². The van der Waals surface area contributed by atoms with Crippen LogP contribution >= 0.6 is 11.3 Å². The molecular weight excluding hydrogens is 528 g/mol. The number of ketones is 1. The van der Waals surface area contributed by atoms with Gasteiger partial charge in [-0.1, -0.05) is 36.4 Å². The van der Waals surface area contributed by atoms with Crippen LogP contribution in [0.15, 0.2) is 77.3 Å². The van der Waals surface area contributed by atoms with Gasteiger partial charge in [0, 0.05) is 24.1 Å². The molecule has 6 rings (SSSR count). The number of nitrogens with zero attached hydrogens (tertiary/aromatic N) is 4. The SMILES string of the molecule is COc1cc(OCc2cccc(CC(=O)c3cccc(C#N)c3)c2)c2cc(-c3cn4nc(OC)sc4n3)oc2c1. The zero-order valence-corrected chi connectivity index (χ0v) is 22.4. The van der Waals surface area contributed by atoms with E-state index in [-0.39, 0.29) is 18.8 Å². The second-order valence-corrected chi connectivity index (χ2v) is 9.89. The molecule has 0 saturated heterocycles. The normalized spacial score (nSPS) is 11.0. The Bertz CT molecular complexity index is 1880. The Morgan fingerprint density at radius 2 is 1.90 bits per heavy atom. The first kappa shape index (κ1) is 25.2. The quantitative estimate of drug-likeness (QED) is 0.199. The predicted molar refractivity (Wildman–Crippen MR) is 149 cm³/mol. The highest BCUT2D eigenvalue weighted by Gasteiger charge is 2.17. The van der Waals surface area contributed by atoms with Crippen molar-refractivity contribution in [2.75, 3.05) is 14.2 Å². The number of carbonyl (C=O) groups is 1. The lowest BCUT2D eigenvalue weighted by Crippen LogP contribution is -2.05. The third kappa shape index (κ3) is 4.98. The summed E-state index contributed by atoms with van der Waals surface area (Å²) < 4.78 is 24.7. The van der Waals surface area contributed by atoms with Crippen LogP contribution in [0.4, 0.5) is 0 Å². The smallest absolute Gasteiger partial charge is 0.294 e. The topological polar surface area (TPSA) is 112 Å². The maximum absolute atomic E-state index is 12.8. The van der Waals surface area contributed by atoms with Crippen LogP contribution in [-0.2, 0) is 13.0 Å². The van der Waals surface area contributed by atoms with Gasteiger partial charge in [-0.3, -0.25) is 4.79 Å². The van der Waals surface area contributed by atoms with Crippen LogP contribution in [0.1, 0.15) is 27.0 Å². The molecule has 0 atom stereocenters. The molecule has 3 aromatic heterocycles. The summed E-state index contributed by atoms with van der Waals surface area (Å²) in [6, 6.07) is 22.0. The molecule has 0 aliphatic heterocycles. The molecule has 9 nitrogen and oxygen atoms in total. The molecule has 0 N–H and O–H groups in total. The van der Waals surface area contributed by atoms with Crippen molar-refractivity contribution in [3.05, 3.63) is 95.2 Å². The molecule has 40 heavy (non-hydrogen) atoms. The number of carbonyl (C=O) groups excluding carboxylic acids is 1. The summed E-state index contributed by atoms with van der Waals surface area (Å²) in [4.78, 5) is 18.1. The van der Waals surface area contributed by atoms with Gasteiger partial charge < -0.3 is 18.6 Å². The summed E-state index contributed by atoms with van der Waals surface area (Å²) in [6.07, 6.45) is 2.01. The van der Waals surface area contributed by atoms with E-state index in [2.05, 4.69) is 16.2 Å². The summed E-state index contributed by atoms with van der Waals surface area (Å²) in [5.74, 6) is 1.72. The van der Waals surface area contributed by atoms with E-state index in [9.17, 15) is 4.79 Å². The number of aromatic nitrogens is 3. The summed E-state index contributed by atoms with van der Waals surface area (Å²) in [6.45, 7) is 0.276. The van der Waals surface area contributed by atoms with Crippen molar-refractivity contribution in [3.8, 4) is 34.2 Å². The van der Waals surface area contributed by atoms with Crippen LogP contribution in [0.2, 0.25) is 0 Å². The Morgan fingerprint density at radius 3 is 2.70 bits per heavy atom. The van der Waals surface area contributed by atoms with E-state index >= 15 is 0 Å². The fourth-order valence-electron chi connectivity index (χ4n) is 4.37. The largest absolute Gasteiger partial charge is 0.496 e. The monoisotopic (exact) mass is 550 g/mol. The van der Waals surface area contributed by atoms with E-state index in [0.717, 1.165) is 16.5 Å². The second kappa shape index (κ2) is 10.6. The average molecular weight is 551 g/mol. The van der Waals surface area contributed by atoms with E-state index in [0.29, 0.717) is 49.8 Å². The number of methoxy groups -OCH3 is 2. The van der Waals surface area contributed by atoms with Gasteiger partial charge in [0.15, 0.2) is 11.5 Å². The highest BCUT2D eigenvalue weighted by atomic mass is 32.1. The maximum Gasteiger partial charge on any atom is 0.294 e. The van der Waals surface area contributed by atoms with Crippen LogP contribution in [0.5, 0.6) is 16.7 Å². The van der Waals surface area contributed by atoms with Gasteiger partial charge >= 0.3 is 0 Å². The van der Waals surface area contributed by atoms with Gasteiger partial charge in [0.25, 0.3) is 5.19 Å². The maximum atomic E-state index is 12.8. The Balaban J connectivity index is 1.23.